The van der Waals surface area contributed by atoms with E-state index < -0.39 is 0 Å². The molecule has 0 aromatic heterocycles. The molecule has 1 amide bonds. The van der Waals surface area contributed by atoms with E-state index in [1.807, 2.05) is 18.7 Å². The molecule has 2 rings (SSSR count). The first kappa shape index (κ1) is 13.1. The van der Waals surface area contributed by atoms with Gasteiger partial charge in [0.2, 0.25) is 5.91 Å². The summed E-state index contributed by atoms with van der Waals surface area (Å²) in [5.74, 6) is -0.185. The maximum Gasteiger partial charge on any atom is 0.312 e. The predicted octanol–water partition coefficient (Wildman–Crippen LogP) is 1.90. The Morgan fingerprint density at radius 1 is 1.61 bits per heavy atom. The number of fused-ring (bicyclic) bond motifs is 1. The average Bonchev–Trinajstić information content (AvgIpc) is 2.61. The number of nitrogens with zero attached hydrogens (tertiary/aromatic N) is 1. The van der Waals surface area contributed by atoms with Gasteiger partial charge in [-0.1, -0.05) is 6.08 Å². The summed E-state index contributed by atoms with van der Waals surface area (Å²) in [6.45, 7) is 4.93. The van der Waals surface area contributed by atoms with Crippen molar-refractivity contribution in [3.05, 3.63) is 11.6 Å². The number of amides is 1. The number of hydrogen-bond donors (Lipinski definition) is 0. The zero-order valence-electron chi connectivity index (χ0n) is 11.1. The van der Waals surface area contributed by atoms with E-state index in [1.165, 1.54) is 0 Å². The number of hydrogen-bond acceptors (Lipinski definition) is 3. The van der Waals surface area contributed by atoms with Crippen LogP contribution in [0.4, 0.5) is 0 Å². The summed E-state index contributed by atoms with van der Waals surface area (Å²) in [5, 5.41) is 0. The van der Waals surface area contributed by atoms with Gasteiger partial charge >= 0.3 is 5.97 Å². The predicted molar refractivity (Wildman–Crippen MR) is 67.8 cm³/mol. The van der Waals surface area contributed by atoms with Crippen LogP contribution in [-0.2, 0) is 14.3 Å². The van der Waals surface area contributed by atoms with Gasteiger partial charge in [-0.3, -0.25) is 9.59 Å². The number of rotatable bonds is 3. The third kappa shape index (κ3) is 2.42. The molecule has 2 aliphatic heterocycles. The van der Waals surface area contributed by atoms with Gasteiger partial charge in [0.1, 0.15) is 0 Å². The molecule has 18 heavy (non-hydrogen) atoms. The number of carbonyl (C=O) groups is 2. The Morgan fingerprint density at radius 2 is 2.39 bits per heavy atom. The zero-order valence-corrected chi connectivity index (χ0v) is 11.1. The number of ether oxygens (including phenoxy) is 1. The Kier molecular flexibility index (Phi) is 4.04. The van der Waals surface area contributed by atoms with Crippen LogP contribution in [0.25, 0.3) is 0 Å². The van der Waals surface area contributed by atoms with Crippen LogP contribution in [0, 0.1) is 5.92 Å². The summed E-state index contributed by atoms with van der Waals surface area (Å²) in [6, 6.07) is 0.124. The van der Waals surface area contributed by atoms with Crippen LogP contribution < -0.4 is 0 Å². The van der Waals surface area contributed by atoms with Crippen molar-refractivity contribution in [1.82, 2.24) is 4.90 Å². The zero-order chi connectivity index (χ0) is 13.1. The Hall–Kier alpha value is -1.32. The number of carbonyl (C=O) groups excluding carboxylic acids is 2. The summed E-state index contributed by atoms with van der Waals surface area (Å²) >= 11 is 0. The van der Waals surface area contributed by atoms with Gasteiger partial charge in [0.05, 0.1) is 18.6 Å². The quantitative estimate of drug-likeness (QED) is 0.568. The van der Waals surface area contributed by atoms with Gasteiger partial charge in [-0.2, -0.15) is 0 Å². The van der Waals surface area contributed by atoms with Gasteiger partial charge in [-0.15, -0.1) is 0 Å². The largest absolute Gasteiger partial charge is 0.466 e. The van der Waals surface area contributed by atoms with Crippen LogP contribution in [-0.4, -0.2) is 36.0 Å². The van der Waals surface area contributed by atoms with E-state index >= 15 is 0 Å². The molecule has 1 unspecified atom stereocenters. The first-order valence-electron chi connectivity index (χ1n) is 6.81. The smallest absolute Gasteiger partial charge is 0.312 e. The summed E-state index contributed by atoms with van der Waals surface area (Å²) < 4.78 is 5.09. The van der Waals surface area contributed by atoms with Crippen molar-refractivity contribution >= 4 is 11.9 Å². The molecule has 2 heterocycles. The molecular weight excluding hydrogens is 230 g/mol. The van der Waals surface area contributed by atoms with Crippen molar-refractivity contribution in [3.63, 3.8) is 0 Å². The molecule has 4 heteroatoms. The van der Waals surface area contributed by atoms with Crippen LogP contribution >= 0.6 is 0 Å². The van der Waals surface area contributed by atoms with Crippen LogP contribution in [0.5, 0.6) is 0 Å². The Morgan fingerprint density at radius 3 is 3.11 bits per heavy atom. The average molecular weight is 251 g/mol. The first-order chi connectivity index (χ1) is 8.65. The molecule has 1 saturated heterocycles. The maximum atomic E-state index is 11.9. The molecular formula is C14H21NO3. The lowest BCUT2D eigenvalue weighted by Gasteiger charge is -2.27. The molecule has 2 atom stereocenters. The van der Waals surface area contributed by atoms with Crippen molar-refractivity contribution in [2.24, 2.45) is 5.92 Å². The molecule has 0 N–H and O–H groups in total. The highest BCUT2D eigenvalue weighted by molar-refractivity contribution is 5.81. The molecule has 0 bridgehead atoms. The van der Waals surface area contributed by atoms with Crippen molar-refractivity contribution in [1.29, 1.82) is 0 Å². The van der Waals surface area contributed by atoms with E-state index in [2.05, 4.69) is 6.08 Å². The van der Waals surface area contributed by atoms with E-state index in [0.717, 1.165) is 31.4 Å². The van der Waals surface area contributed by atoms with E-state index in [-0.39, 0.29) is 23.8 Å². The highest BCUT2D eigenvalue weighted by atomic mass is 16.5. The van der Waals surface area contributed by atoms with Gasteiger partial charge in [0, 0.05) is 13.0 Å². The Labute approximate surface area is 108 Å². The van der Waals surface area contributed by atoms with E-state index in [4.69, 9.17) is 4.74 Å². The van der Waals surface area contributed by atoms with Crippen LogP contribution in [0.2, 0.25) is 0 Å². The van der Waals surface area contributed by atoms with Gasteiger partial charge < -0.3 is 9.64 Å². The molecule has 0 spiro atoms. The Bertz CT molecular complexity index is 375. The van der Waals surface area contributed by atoms with Crippen LogP contribution in [0.15, 0.2) is 11.6 Å². The second kappa shape index (κ2) is 5.55. The topological polar surface area (TPSA) is 46.6 Å². The SMILES string of the molecule is CCOC(=O)C(C)C1=CCCCN2C(=O)CC[C@@H]12. The molecule has 0 aliphatic carbocycles. The third-order valence-corrected chi connectivity index (χ3v) is 3.84. The number of allylic oxidation sites excluding steroid dienone is 1. The molecule has 0 aromatic carbocycles. The van der Waals surface area contributed by atoms with E-state index in [9.17, 15) is 9.59 Å². The molecule has 0 saturated carbocycles. The lowest BCUT2D eigenvalue weighted by molar-refractivity contribution is -0.146. The van der Waals surface area contributed by atoms with E-state index in [1.54, 1.807) is 0 Å². The van der Waals surface area contributed by atoms with Crippen molar-refractivity contribution < 1.29 is 14.3 Å². The maximum absolute atomic E-state index is 11.9. The standard InChI is InChI=1S/C14H21NO3/c1-3-18-14(17)10(2)11-6-4-5-9-15-12(11)7-8-13(15)16/h6,10,12H,3-5,7-9H2,1-2H3/t10?,12-/m0/s1. The number of esters is 1. The van der Waals surface area contributed by atoms with Crippen molar-refractivity contribution in [2.45, 2.75) is 45.6 Å². The molecule has 1 fully saturated rings. The fourth-order valence-corrected chi connectivity index (χ4v) is 2.90. The molecule has 4 nitrogen and oxygen atoms in total. The summed E-state index contributed by atoms with van der Waals surface area (Å²) in [4.78, 5) is 25.6. The fourth-order valence-electron chi connectivity index (χ4n) is 2.90. The first-order valence-corrected chi connectivity index (χ1v) is 6.81. The lowest BCUT2D eigenvalue weighted by atomic mass is 9.92. The second-order valence-corrected chi connectivity index (χ2v) is 4.96. The normalized spacial score (nSPS) is 25.2. The Balaban J connectivity index is 2.17. The van der Waals surface area contributed by atoms with Gasteiger partial charge in [-0.05, 0) is 38.7 Å². The minimum Gasteiger partial charge on any atom is -0.466 e. The van der Waals surface area contributed by atoms with Crippen molar-refractivity contribution in [3.8, 4) is 0 Å². The minimum absolute atomic E-state index is 0.124. The molecule has 0 aromatic rings. The highest BCUT2D eigenvalue weighted by Crippen LogP contribution is 2.32. The van der Waals surface area contributed by atoms with Crippen molar-refractivity contribution in [2.75, 3.05) is 13.2 Å². The highest BCUT2D eigenvalue weighted by Gasteiger charge is 2.37. The van der Waals surface area contributed by atoms with Gasteiger partial charge in [0.15, 0.2) is 0 Å². The summed E-state index contributed by atoms with van der Waals surface area (Å²) in [5.41, 5.74) is 1.08. The minimum atomic E-state index is -0.235. The molecule has 2 aliphatic rings. The van der Waals surface area contributed by atoms with E-state index in [0.29, 0.717) is 13.0 Å². The van der Waals surface area contributed by atoms with Gasteiger partial charge in [0.25, 0.3) is 0 Å². The van der Waals surface area contributed by atoms with Crippen LogP contribution in [0.3, 0.4) is 0 Å². The summed E-state index contributed by atoms with van der Waals surface area (Å²) in [6.07, 6.45) is 5.53. The lowest BCUT2D eigenvalue weighted by Crippen LogP contribution is -2.36. The van der Waals surface area contributed by atoms with Gasteiger partial charge in [-0.25, -0.2) is 0 Å². The second-order valence-electron chi connectivity index (χ2n) is 4.96. The summed E-state index contributed by atoms with van der Waals surface area (Å²) in [7, 11) is 0. The molecule has 0 radical (unpaired) electrons. The van der Waals surface area contributed by atoms with Crippen LogP contribution in [0.1, 0.15) is 39.5 Å². The monoisotopic (exact) mass is 251 g/mol. The fraction of sp³-hybridized carbons (Fsp3) is 0.714. The molecule has 100 valence electrons. The third-order valence-electron chi connectivity index (χ3n) is 3.84.